The van der Waals surface area contributed by atoms with Gasteiger partial charge in [0.25, 0.3) is 0 Å². The van der Waals surface area contributed by atoms with Crippen molar-refractivity contribution >= 4 is 5.78 Å². The van der Waals surface area contributed by atoms with Crippen LogP contribution in [0.3, 0.4) is 0 Å². The van der Waals surface area contributed by atoms with Crippen LogP contribution in [-0.2, 0) is 11.2 Å². The highest BCUT2D eigenvalue weighted by molar-refractivity contribution is 5.80. The molecule has 0 saturated carbocycles. The SMILES string of the molecule is CCC(=O)Cc1ccn(C(C)C)n1. The van der Waals surface area contributed by atoms with Crippen LogP contribution in [0.1, 0.15) is 38.9 Å². The molecule has 0 saturated heterocycles. The number of aromatic nitrogens is 2. The molecule has 1 aromatic heterocycles. The van der Waals surface area contributed by atoms with Gasteiger partial charge >= 0.3 is 0 Å². The smallest absolute Gasteiger partial charge is 0.138 e. The molecular formula is C10H16N2O. The lowest BCUT2D eigenvalue weighted by molar-refractivity contribution is -0.118. The summed E-state index contributed by atoms with van der Waals surface area (Å²) in [6.07, 6.45) is 2.98. The fourth-order valence-corrected chi connectivity index (χ4v) is 1.09. The molecule has 0 radical (unpaired) electrons. The molecule has 0 amide bonds. The zero-order valence-corrected chi connectivity index (χ0v) is 8.45. The molecule has 0 unspecified atom stereocenters. The summed E-state index contributed by atoms with van der Waals surface area (Å²) < 4.78 is 1.87. The van der Waals surface area contributed by atoms with Crippen LogP contribution in [0.15, 0.2) is 12.3 Å². The predicted molar refractivity (Wildman–Crippen MR) is 51.6 cm³/mol. The summed E-state index contributed by atoms with van der Waals surface area (Å²) >= 11 is 0. The Kier molecular flexibility index (Phi) is 3.23. The molecule has 72 valence electrons. The predicted octanol–water partition coefficient (Wildman–Crippen LogP) is 1.99. The van der Waals surface area contributed by atoms with E-state index in [1.807, 2.05) is 23.9 Å². The maximum absolute atomic E-state index is 11.1. The summed E-state index contributed by atoms with van der Waals surface area (Å²) in [6, 6.07) is 2.28. The number of ketones is 1. The lowest BCUT2D eigenvalue weighted by atomic mass is 10.2. The van der Waals surface area contributed by atoms with Crippen LogP contribution >= 0.6 is 0 Å². The van der Waals surface area contributed by atoms with E-state index in [0.29, 0.717) is 18.9 Å². The van der Waals surface area contributed by atoms with Gasteiger partial charge in [-0.05, 0) is 19.9 Å². The van der Waals surface area contributed by atoms with E-state index >= 15 is 0 Å². The lowest BCUT2D eigenvalue weighted by Gasteiger charge is -2.03. The second-order valence-corrected chi connectivity index (χ2v) is 3.45. The van der Waals surface area contributed by atoms with Crippen molar-refractivity contribution in [1.82, 2.24) is 9.78 Å². The number of hydrogen-bond donors (Lipinski definition) is 0. The van der Waals surface area contributed by atoms with Gasteiger partial charge in [-0.25, -0.2) is 0 Å². The van der Waals surface area contributed by atoms with E-state index in [4.69, 9.17) is 0 Å². The third kappa shape index (κ3) is 2.68. The van der Waals surface area contributed by atoms with Gasteiger partial charge in [-0.15, -0.1) is 0 Å². The molecular weight excluding hydrogens is 164 g/mol. The standard InChI is InChI=1S/C10H16N2O/c1-4-10(13)7-9-5-6-12(11-9)8(2)3/h5-6,8H,4,7H2,1-3H3. The maximum atomic E-state index is 11.1. The first-order valence-corrected chi connectivity index (χ1v) is 4.69. The monoisotopic (exact) mass is 180 g/mol. The molecule has 3 nitrogen and oxygen atoms in total. The molecule has 0 fully saturated rings. The first kappa shape index (κ1) is 9.96. The third-order valence-electron chi connectivity index (χ3n) is 1.97. The average molecular weight is 180 g/mol. The van der Waals surface area contributed by atoms with E-state index in [1.54, 1.807) is 0 Å². The van der Waals surface area contributed by atoms with Crippen molar-refractivity contribution in [2.75, 3.05) is 0 Å². The quantitative estimate of drug-likeness (QED) is 0.710. The van der Waals surface area contributed by atoms with Crippen molar-refractivity contribution in [3.63, 3.8) is 0 Å². The second-order valence-electron chi connectivity index (χ2n) is 3.45. The molecule has 0 spiro atoms. The molecule has 0 aliphatic carbocycles. The molecule has 0 atom stereocenters. The number of rotatable bonds is 4. The topological polar surface area (TPSA) is 34.9 Å². The van der Waals surface area contributed by atoms with Gasteiger partial charge in [-0.1, -0.05) is 6.92 Å². The minimum Gasteiger partial charge on any atom is -0.299 e. The summed E-state index contributed by atoms with van der Waals surface area (Å²) in [6.45, 7) is 6.01. The largest absolute Gasteiger partial charge is 0.299 e. The number of carbonyl (C=O) groups is 1. The van der Waals surface area contributed by atoms with Crippen LogP contribution in [0, 0.1) is 0 Å². The highest BCUT2D eigenvalue weighted by atomic mass is 16.1. The molecule has 0 aliphatic rings. The van der Waals surface area contributed by atoms with Gasteiger partial charge in [-0.2, -0.15) is 5.10 Å². The zero-order chi connectivity index (χ0) is 9.84. The Balaban J connectivity index is 2.64. The van der Waals surface area contributed by atoms with E-state index in [-0.39, 0.29) is 5.78 Å². The molecule has 0 aromatic carbocycles. The van der Waals surface area contributed by atoms with Gasteiger partial charge in [0.05, 0.1) is 12.1 Å². The molecule has 0 N–H and O–H groups in total. The van der Waals surface area contributed by atoms with E-state index in [2.05, 4.69) is 18.9 Å². The van der Waals surface area contributed by atoms with Crippen molar-refractivity contribution in [2.24, 2.45) is 0 Å². The van der Waals surface area contributed by atoms with Gasteiger partial charge in [0, 0.05) is 18.7 Å². The number of Topliss-reactive ketones (excluding diaryl/α,β-unsaturated/α-hetero) is 1. The molecule has 1 aromatic rings. The van der Waals surface area contributed by atoms with E-state index in [9.17, 15) is 4.79 Å². The Labute approximate surface area is 78.8 Å². The number of nitrogens with zero attached hydrogens (tertiary/aromatic N) is 2. The van der Waals surface area contributed by atoms with Crippen molar-refractivity contribution in [1.29, 1.82) is 0 Å². The van der Waals surface area contributed by atoms with Crippen molar-refractivity contribution < 1.29 is 4.79 Å². The van der Waals surface area contributed by atoms with E-state index in [1.165, 1.54) is 0 Å². The van der Waals surface area contributed by atoms with Crippen molar-refractivity contribution in [3.8, 4) is 0 Å². The Morgan fingerprint density at radius 2 is 2.31 bits per heavy atom. The molecule has 13 heavy (non-hydrogen) atoms. The Morgan fingerprint density at radius 1 is 1.62 bits per heavy atom. The van der Waals surface area contributed by atoms with E-state index in [0.717, 1.165) is 5.69 Å². The van der Waals surface area contributed by atoms with Crippen LogP contribution < -0.4 is 0 Å². The summed E-state index contributed by atoms with van der Waals surface area (Å²) in [7, 11) is 0. The fraction of sp³-hybridized carbons (Fsp3) is 0.600. The molecule has 1 rings (SSSR count). The number of carbonyl (C=O) groups excluding carboxylic acids is 1. The number of hydrogen-bond acceptors (Lipinski definition) is 2. The van der Waals surface area contributed by atoms with Gasteiger partial charge in [0.15, 0.2) is 0 Å². The van der Waals surface area contributed by atoms with Crippen molar-refractivity contribution in [3.05, 3.63) is 18.0 Å². The van der Waals surface area contributed by atoms with Crippen LogP contribution in [0.5, 0.6) is 0 Å². The van der Waals surface area contributed by atoms with Crippen molar-refractivity contribution in [2.45, 2.75) is 39.7 Å². The second kappa shape index (κ2) is 4.21. The van der Waals surface area contributed by atoms with Gasteiger partial charge in [0.1, 0.15) is 5.78 Å². The van der Waals surface area contributed by atoms with Gasteiger partial charge in [-0.3, -0.25) is 9.48 Å². The van der Waals surface area contributed by atoms with Crippen LogP contribution in [0.2, 0.25) is 0 Å². The van der Waals surface area contributed by atoms with Crippen LogP contribution in [-0.4, -0.2) is 15.6 Å². The first-order valence-electron chi connectivity index (χ1n) is 4.69. The lowest BCUT2D eigenvalue weighted by Crippen LogP contribution is -2.05. The summed E-state index contributed by atoms with van der Waals surface area (Å²) in [5.41, 5.74) is 0.876. The van der Waals surface area contributed by atoms with E-state index < -0.39 is 0 Å². The Morgan fingerprint density at radius 3 is 2.77 bits per heavy atom. The molecule has 0 aliphatic heterocycles. The zero-order valence-electron chi connectivity index (χ0n) is 8.45. The molecule has 3 heteroatoms. The summed E-state index contributed by atoms with van der Waals surface area (Å²) in [5.74, 6) is 0.244. The van der Waals surface area contributed by atoms with Gasteiger partial charge < -0.3 is 0 Å². The average Bonchev–Trinajstić information content (AvgIpc) is 2.52. The summed E-state index contributed by atoms with van der Waals surface area (Å²) in [5, 5.41) is 4.29. The van der Waals surface area contributed by atoms with Gasteiger partial charge in [0.2, 0.25) is 0 Å². The summed E-state index contributed by atoms with van der Waals surface area (Å²) in [4.78, 5) is 11.1. The molecule has 1 heterocycles. The van der Waals surface area contributed by atoms with Crippen LogP contribution in [0.4, 0.5) is 0 Å². The third-order valence-corrected chi connectivity index (χ3v) is 1.97. The highest BCUT2D eigenvalue weighted by Gasteiger charge is 2.05. The molecule has 0 bridgehead atoms. The first-order chi connectivity index (χ1) is 6.13. The minimum atomic E-state index is 0.244. The Hall–Kier alpha value is -1.12. The highest BCUT2D eigenvalue weighted by Crippen LogP contribution is 2.05. The fourth-order valence-electron chi connectivity index (χ4n) is 1.09. The maximum Gasteiger partial charge on any atom is 0.138 e. The van der Waals surface area contributed by atoms with Crippen LogP contribution in [0.25, 0.3) is 0 Å². The normalized spacial score (nSPS) is 10.8. The minimum absolute atomic E-state index is 0.244. The Bertz CT molecular complexity index is 289.